The van der Waals surface area contributed by atoms with Gasteiger partial charge >= 0.3 is 0 Å². The van der Waals surface area contributed by atoms with Gasteiger partial charge in [0.25, 0.3) is 0 Å². The minimum atomic E-state index is -0.896. The lowest BCUT2D eigenvalue weighted by Gasteiger charge is -2.38. The van der Waals surface area contributed by atoms with Crippen LogP contribution in [0.15, 0.2) is 11.4 Å². The van der Waals surface area contributed by atoms with E-state index in [2.05, 4.69) is 15.3 Å². The van der Waals surface area contributed by atoms with Crippen LogP contribution in [0.5, 0.6) is 0 Å². The number of fused-ring (bicyclic) bond motifs is 1. The second kappa shape index (κ2) is 4.33. The number of rotatable bonds is 3. The molecule has 0 saturated carbocycles. The van der Waals surface area contributed by atoms with E-state index in [1.54, 1.807) is 13.8 Å². The molecule has 2 aromatic rings. The molecular formula is C12H16ClN3OS. The molecule has 0 spiro atoms. The van der Waals surface area contributed by atoms with Gasteiger partial charge < -0.3 is 10.4 Å². The summed E-state index contributed by atoms with van der Waals surface area (Å²) in [6.45, 7) is 7.35. The highest BCUT2D eigenvalue weighted by atomic mass is 35.5. The van der Waals surface area contributed by atoms with Gasteiger partial charge in [0.15, 0.2) is 0 Å². The van der Waals surface area contributed by atoms with Crippen molar-refractivity contribution in [1.29, 1.82) is 0 Å². The summed E-state index contributed by atoms with van der Waals surface area (Å²) in [6, 6.07) is 1.94. The summed E-state index contributed by atoms with van der Waals surface area (Å²) in [5.41, 5.74) is -1.44. The van der Waals surface area contributed by atoms with Crippen molar-refractivity contribution in [3.8, 4) is 0 Å². The molecule has 18 heavy (non-hydrogen) atoms. The number of thiophene rings is 1. The second-order valence-electron chi connectivity index (χ2n) is 5.29. The number of aliphatic hydroxyl groups is 1. The third-order valence-corrected chi connectivity index (χ3v) is 4.23. The summed E-state index contributed by atoms with van der Waals surface area (Å²) >= 11 is 7.42. The maximum absolute atomic E-state index is 10.2. The van der Waals surface area contributed by atoms with E-state index >= 15 is 0 Å². The monoisotopic (exact) mass is 285 g/mol. The number of hydrogen-bond acceptors (Lipinski definition) is 5. The van der Waals surface area contributed by atoms with Gasteiger partial charge in [-0.3, -0.25) is 0 Å². The summed E-state index contributed by atoms with van der Waals surface area (Å²) in [5.74, 6) is 0.651. The van der Waals surface area contributed by atoms with E-state index in [9.17, 15) is 5.11 Å². The highest BCUT2D eigenvalue weighted by Crippen LogP contribution is 2.31. The molecule has 0 bridgehead atoms. The predicted molar refractivity (Wildman–Crippen MR) is 76.4 cm³/mol. The smallest absolute Gasteiger partial charge is 0.225 e. The van der Waals surface area contributed by atoms with E-state index in [1.165, 1.54) is 11.3 Å². The molecule has 98 valence electrons. The van der Waals surface area contributed by atoms with E-state index in [0.717, 1.165) is 10.2 Å². The van der Waals surface area contributed by atoms with Crippen LogP contribution in [0.1, 0.15) is 27.7 Å². The Morgan fingerprint density at radius 3 is 2.56 bits per heavy atom. The molecule has 0 saturated heterocycles. The number of nitrogens with zero attached hydrogens (tertiary/aromatic N) is 2. The summed E-state index contributed by atoms with van der Waals surface area (Å²) < 4.78 is 0. The van der Waals surface area contributed by atoms with Crippen LogP contribution < -0.4 is 5.32 Å². The zero-order chi connectivity index (χ0) is 13.6. The molecule has 0 atom stereocenters. The molecule has 2 aromatic heterocycles. The van der Waals surface area contributed by atoms with Crippen LogP contribution in [0.25, 0.3) is 10.2 Å². The Labute approximate surface area is 115 Å². The molecule has 6 heteroatoms. The highest BCUT2D eigenvalue weighted by Gasteiger charge is 2.35. The van der Waals surface area contributed by atoms with E-state index in [0.29, 0.717) is 5.82 Å². The Bertz CT molecular complexity index is 574. The fraction of sp³-hybridized carbons (Fsp3) is 0.500. The molecule has 0 aliphatic carbocycles. The molecule has 2 rings (SSSR count). The van der Waals surface area contributed by atoms with Crippen LogP contribution in [0, 0.1) is 0 Å². The van der Waals surface area contributed by atoms with Crippen LogP contribution >= 0.6 is 22.9 Å². The number of nitrogens with one attached hydrogen (secondary N) is 1. The summed E-state index contributed by atoms with van der Waals surface area (Å²) in [6.07, 6.45) is 0. The average molecular weight is 286 g/mol. The van der Waals surface area contributed by atoms with Crippen molar-refractivity contribution < 1.29 is 5.11 Å². The molecule has 2 heterocycles. The Hall–Kier alpha value is -0.910. The van der Waals surface area contributed by atoms with Crippen molar-refractivity contribution >= 4 is 39.0 Å². The van der Waals surface area contributed by atoms with Crippen molar-refractivity contribution in [2.75, 3.05) is 5.32 Å². The number of aromatic nitrogens is 2. The van der Waals surface area contributed by atoms with E-state index in [1.807, 2.05) is 25.3 Å². The Balaban J connectivity index is 2.46. The van der Waals surface area contributed by atoms with Crippen molar-refractivity contribution in [1.82, 2.24) is 9.97 Å². The first-order valence-corrected chi connectivity index (χ1v) is 6.88. The van der Waals surface area contributed by atoms with Gasteiger partial charge in [-0.05, 0) is 50.7 Å². The molecular weight excluding hydrogens is 270 g/mol. The molecule has 0 aliphatic rings. The van der Waals surface area contributed by atoms with Crippen molar-refractivity contribution in [2.45, 2.75) is 38.8 Å². The molecule has 2 N–H and O–H groups in total. The number of hydrogen-bond donors (Lipinski definition) is 2. The first-order chi connectivity index (χ1) is 8.21. The second-order valence-corrected chi connectivity index (χ2v) is 6.52. The van der Waals surface area contributed by atoms with E-state index in [-0.39, 0.29) is 5.28 Å². The quantitative estimate of drug-likeness (QED) is 0.850. The normalized spacial score (nSPS) is 13.0. The zero-order valence-electron chi connectivity index (χ0n) is 10.8. The minimum absolute atomic E-state index is 0.207. The Kier molecular flexibility index (Phi) is 3.25. The third-order valence-electron chi connectivity index (χ3n) is 3.26. The van der Waals surface area contributed by atoms with Crippen molar-refractivity contribution in [2.24, 2.45) is 0 Å². The third kappa shape index (κ3) is 2.43. The fourth-order valence-electron chi connectivity index (χ4n) is 1.37. The average Bonchev–Trinajstić information content (AvgIpc) is 2.62. The van der Waals surface area contributed by atoms with Crippen LogP contribution in [-0.2, 0) is 0 Å². The molecule has 0 fully saturated rings. The Morgan fingerprint density at radius 1 is 1.28 bits per heavy atom. The summed E-state index contributed by atoms with van der Waals surface area (Å²) in [4.78, 5) is 9.21. The molecule has 4 nitrogen and oxygen atoms in total. The van der Waals surface area contributed by atoms with Crippen molar-refractivity contribution in [3.63, 3.8) is 0 Å². The molecule has 0 unspecified atom stereocenters. The fourth-order valence-corrected chi connectivity index (χ4v) is 2.36. The lowest BCUT2D eigenvalue weighted by Crippen LogP contribution is -2.51. The van der Waals surface area contributed by atoms with Gasteiger partial charge in [0, 0.05) is 0 Å². The lowest BCUT2D eigenvalue weighted by molar-refractivity contribution is 0.0239. The maximum Gasteiger partial charge on any atom is 0.225 e. The predicted octanol–water partition coefficient (Wildman–Crippen LogP) is 3.31. The minimum Gasteiger partial charge on any atom is -0.388 e. The van der Waals surface area contributed by atoms with Gasteiger partial charge in [-0.25, -0.2) is 9.97 Å². The van der Waals surface area contributed by atoms with Crippen LogP contribution in [-0.4, -0.2) is 26.2 Å². The molecule has 0 radical (unpaired) electrons. The number of halogens is 1. The topological polar surface area (TPSA) is 58.0 Å². The Morgan fingerprint density at radius 2 is 1.94 bits per heavy atom. The molecule has 0 aliphatic heterocycles. The zero-order valence-corrected chi connectivity index (χ0v) is 12.4. The highest BCUT2D eigenvalue weighted by molar-refractivity contribution is 7.16. The standard InChI is InChI=1S/C12H16ClN3OS/c1-11(2,12(3,4)17)16-8-7-5-6-18-9(7)15-10(13)14-8/h5-6,17H,1-4H3,(H,14,15,16). The first-order valence-electron chi connectivity index (χ1n) is 5.62. The van der Waals surface area contributed by atoms with Gasteiger partial charge in [-0.15, -0.1) is 11.3 Å². The van der Waals surface area contributed by atoms with Crippen molar-refractivity contribution in [3.05, 3.63) is 16.7 Å². The molecule has 0 aromatic carbocycles. The number of anilines is 1. The summed E-state index contributed by atoms with van der Waals surface area (Å²) in [5, 5.41) is 16.5. The summed E-state index contributed by atoms with van der Waals surface area (Å²) in [7, 11) is 0. The SMILES string of the molecule is CC(C)(O)C(C)(C)Nc1nc(Cl)nc2sccc12. The lowest BCUT2D eigenvalue weighted by atomic mass is 9.86. The maximum atomic E-state index is 10.2. The van der Waals surface area contributed by atoms with Gasteiger partial charge in [0.2, 0.25) is 5.28 Å². The largest absolute Gasteiger partial charge is 0.388 e. The van der Waals surface area contributed by atoms with Gasteiger partial charge in [0.05, 0.1) is 16.5 Å². The first kappa shape index (κ1) is 13.5. The van der Waals surface area contributed by atoms with Gasteiger partial charge in [-0.1, -0.05) is 0 Å². The van der Waals surface area contributed by atoms with Crippen LogP contribution in [0.2, 0.25) is 5.28 Å². The molecule has 0 amide bonds. The van der Waals surface area contributed by atoms with Gasteiger partial charge in [0.1, 0.15) is 10.6 Å². The van der Waals surface area contributed by atoms with Crippen LogP contribution in [0.3, 0.4) is 0 Å². The van der Waals surface area contributed by atoms with E-state index < -0.39 is 11.1 Å². The van der Waals surface area contributed by atoms with Gasteiger partial charge in [-0.2, -0.15) is 0 Å². The van der Waals surface area contributed by atoms with E-state index in [4.69, 9.17) is 11.6 Å². The van der Waals surface area contributed by atoms with Crippen LogP contribution in [0.4, 0.5) is 5.82 Å².